The van der Waals surface area contributed by atoms with E-state index in [-0.39, 0.29) is 11.8 Å². The first-order valence-corrected chi connectivity index (χ1v) is 9.52. The molecule has 0 unspecified atom stereocenters. The van der Waals surface area contributed by atoms with Crippen LogP contribution in [0.3, 0.4) is 0 Å². The van der Waals surface area contributed by atoms with Crippen molar-refractivity contribution in [2.75, 3.05) is 24.3 Å². The van der Waals surface area contributed by atoms with Gasteiger partial charge >= 0.3 is 0 Å². The van der Waals surface area contributed by atoms with Crippen LogP contribution in [0.2, 0.25) is 0 Å². The average molecular weight is 400 g/mol. The SMILES string of the molecule is Cc1ccccc1C(=O)Nc1cccc(C(=O)N/N=C/c2ccc(N(C)C)cc2)c1. The van der Waals surface area contributed by atoms with Crippen molar-refractivity contribution in [3.8, 4) is 0 Å². The summed E-state index contributed by atoms with van der Waals surface area (Å²) < 4.78 is 0. The zero-order chi connectivity index (χ0) is 21.5. The van der Waals surface area contributed by atoms with Gasteiger partial charge in [0.2, 0.25) is 0 Å². The summed E-state index contributed by atoms with van der Waals surface area (Å²) in [6.45, 7) is 1.88. The van der Waals surface area contributed by atoms with Crippen LogP contribution in [-0.4, -0.2) is 32.1 Å². The van der Waals surface area contributed by atoms with Crippen molar-refractivity contribution in [1.82, 2.24) is 5.43 Å². The smallest absolute Gasteiger partial charge is 0.271 e. The van der Waals surface area contributed by atoms with Crippen LogP contribution >= 0.6 is 0 Å². The number of aryl methyl sites for hydroxylation is 1. The van der Waals surface area contributed by atoms with E-state index in [9.17, 15) is 9.59 Å². The van der Waals surface area contributed by atoms with Crippen molar-refractivity contribution >= 4 is 29.4 Å². The lowest BCUT2D eigenvalue weighted by molar-refractivity contribution is 0.0953. The van der Waals surface area contributed by atoms with Crippen molar-refractivity contribution in [3.05, 3.63) is 95.1 Å². The molecule has 6 heteroatoms. The van der Waals surface area contributed by atoms with Gasteiger partial charge in [-0.15, -0.1) is 0 Å². The molecule has 0 aliphatic heterocycles. The van der Waals surface area contributed by atoms with Gasteiger partial charge in [-0.2, -0.15) is 5.10 Å². The maximum atomic E-state index is 12.5. The summed E-state index contributed by atoms with van der Waals surface area (Å²) in [5.41, 5.74) is 6.89. The van der Waals surface area contributed by atoms with E-state index in [1.54, 1.807) is 36.5 Å². The monoisotopic (exact) mass is 400 g/mol. The van der Waals surface area contributed by atoms with Crippen LogP contribution in [0, 0.1) is 6.92 Å². The van der Waals surface area contributed by atoms with Gasteiger partial charge in [-0.05, 0) is 54.4 Å². The highest BCUT2D eigenvalue weighted by atomic mass is 16.2. The summed E-state index contributed by atoms with van der Waals surface area (Å²) >= 11 is 0. The fraction of sp³-hybridized carbons (Fsp3) is 0.125. The number of carbonyl (C=O) groups is 2. The minimum absolute atomic E-state index is 0.218. The van der Waals surface area contributed by atoms with Gasteiger partial charge in [0, 0.05) is 36.6 Å². The average Bonchev–Trinajstić information content (AvgIpc) is 2.74. The predicted molar refractivity (Wildman–Crippen MR) is 121 cm³/mol. The fourth-order valence-electron chi connectivity index (χ4n) is 2.85. The van der Waals surface area contributed by atoms with Gasteiger partial charge < -0.3 is 10.2 Å². The van der Waals surface area contributed by atoms with E-state index in [1.807, 2.05) is 68.4 Å². The number of amides is 2. The van der Waals surface area contributed by atoms with Crippen molar-refractivity contribution in [3.63, 3.8) is 0 Å². The molecule has 0 fully saturated rings. The summed E-state index contributed by atoms with van der Waals surface area (Å²) in [6.07, 6.45) is 1.58. The van der Waals surface area contributed by atoms with Gasteiger partial charge in [-0.1, -0.05) is 36.4 Å². The molecule has 3 aromatic rings. The van der Waals surface area contributed by atoms with Gasteiger partial charge in [0.1, 0.15) is 0 Å². The minimum Gasteiger partial charge on any atom is -0.378 e. The Morgan fingerprint density at radius 2 is 1.63 bits per heavy atom. The first-order valence-electron chi connectivity index (χ1n) is 9.52. The third-order valence-electron chi connectivity index (χ3n) is 4.56. The maximum Gasteiger partial charge on any atom is 0.271 e. The van der Waals surface area contributed by atoms with Crippen molar-refractivity contribution in [1.29, 1.82) is 0 Å². The van der Waals surface area contributed by atoms with Crippen LogP contribution in [-0.2, 0) is 0 Å². The minimum atomic E-state index is -0.358. The molecule has 2 amide bonds. The fourth-order valence-corrected chi connectivity index (χ4v) is 2.85. The number of hydrazone groups is 1. The Kier molecular flexibility index (Phi) is 6.60. The van der Waals surface area contributed by atoms with E-state index >= 15 is 0 Å². The van der Waals surface area contributed by atoms with Crippen LogP contribution in [0.4, 0.5) is 11.4 Å². The van der Waals surface area contributed by atoms with Crippen molar-refractivity contribution < 1.29 is 9.59 Å². The van der Waals surface area contributed by atoms with Gasteiger partial charge in [0.25, 0.3) is 11.8 Å². The van der Waals surface area contributed by atoms with E-state index in [1.165, 1.54) is 0 Å². The summed E-state index contributed by atoms with van der Waals surface area (Å²) in [6, 6.07) is 21.9. The van der Waals surface area contributed by atoms with Crippen LogP contribution in [0.5, 0.6) is 0 Å². The molecule has 30 heavy (non-hydrogen) atoms. The highest BCUT2D eigenvalue weighted by Crippen LogP contribution is 2.14. The number of benzene rings is 3. The molecule has 0 bridgehead atoms. The Morgan fingerprint density at radius 3 is 2.33 bits per heavy atom. The first-order chi connectivity index (χ1) is 14.4. The Morgan fingerprint density at radius 1 is 0.900 bits per heavy atom. The number of rotatable bonds is 6. The van der Waals surface area contributed by atoms with Crippen LogP contribution in [0.15, 0.2) is 77.9 Å². The summed E-state index contributed by atoms with van der Waals surface area (Å²) in [5, 5.41) is 6.85. The molecule has 0 heterocycles. The van der Waals surface area contributed by atoms with Crippen LogP contribution < -0.4 is 15.6 Å². The second-order valence-electron chi connectivity index (χ2n) is 7.03. The second-order valence-corrected chi connectivity index (χ2v) is 7.03. The Balaban J connectivity index is 1.63. The molecule has 2 N–H and O–H groups in total. The largest absolute Gasteiger partial charge is 0.378 e. The molecule has 0 aliphatic rings. The molecular weight excluding hydrogens is 376 g/mol. The van der Waals surface area contributed by atoms with E-state index in [2.05, 4.69) is 15.8 Å². The molecule has 3 aromatic carbocycles. The lowest BCUT2D eigenvalue weighted by Gasteiger charge is -2.11. The van der Waals surface area contributed by atoms with Gasteiger partial charge in [-0.3, -0.25) is 9.59 Å². The van der Waals surface area contributed by atoms with Crippen LogP contribution in [0.1, 0.15) is 31.8 Å². The Bertz CT molecular complexity index is 1070. The number of anilines is 2. The number of carbonyl (C=O) groups excluding carboxylic acids is 2. The quantitative estimate of drug-likeness (QED) is 0.484. The van der Waals surface area contributed by atoms with Crippen LogP contribution in [0.25, 0.3) is 0 Å². The summed E-state index contributed by atoms with van der Waals surface area (Å²) in [7, 11) is 3.95. The van der Waals surface area contributed by atoms with E-state index in [0.29, 0.717) is 16.8 Å². The molecule has 0 aromatic heterocycles. The molecule has 0 saturated heterocycles. The lowest BCUT2D eigenvalue weighted by Crippen LogP contribution is -2.18. The van der Waals surface area contributed by atoms with Gasteiger partial charge in [0.05, 0.1) is 6.21 Å². The highest BCUT2D eigenvalue weighted by Gasteiger charge is 2.10. The highest BCUT2D eigenvalue weighted by molar-refractivity contribution is 6.06. The second kappa shape index (κ2) is 9.52. The van der Waals surface area contributed by atoms with Crippen molar-refractivity contribution in [2.24, 2.45) is 5.10 Å². The zero-order valence-electron chi connectivity index (χ0n) is 17.2. The standard InChI is InChI=1S/C24H24N4O2/c1-17-7-4-5-10-22(17)24(30)26-20-9-6-8-19(15-20)23(29)27-25-16-18-11-13-21(14-12-18)28(2)3/h4-16H,1-3H3,(H,26,30)(H,27,29)/b25-16+. The van der Waals surface area contributed by atoms with E-state index in [0.717, 1.165) is 16.8 Å². The molecule has 0 atom stereocenters. The predicted octanol–water partition coefficient (Wildman–Crippen LogP) is 4.08. The molecule has 3 rings (SSSR count). The zero-order valence-corrected chi connectivity index (χ0v) is 17.2. The topological polar surface area (TPSA) is 73.8 Å². The molecule has 0 radical (unpaired) electrons. The number of hydrogen-bond acceptors (Lipinski definition) is 4. The number of nitrogens with one attached hydrogen (secondary N) is 2. The maximum absolute atomic E-state index is 12.5. The Labute approximate surface area is 176 Å². The molecule has 0 aliphatic carbocycles. The van der Waals surface area contributed by atoms with Gasteiger partial charge in [-0.25, -0.2) is 5.43 Å². The van der Waals surface area contributed by atoms with Gasteiger partial charge in [0.15, 0.2) is 0 Å². The molecule has 6 nitrogen and oxygen atoms in total. The summed E-state index contributed by atoms with van der Waals surface area (Å²) in [5.74, 6) is -0.576. The van der Waals surface area contributed by atoms with E-state index < -0.39 is 0 Å². The number of hydrogen-bond donors (Lipinski definition) is 2. The molecule has 0 spiro atoms. The normalized spacial score (nSPS) is 10.6. The van der Waals surface area contributed by atoms with E-state index in [4.69, 9.17) is 0 Å². The Hall–Kier alpha value is -3.93. The third kappa shape index (κ3) is 5.32. The molecule has 0 saturated carbocycles. The molecular formula is C24H24N4O2. The molecule has 152 valence electrons. The first kappa shape index (κ1) is 20.8. The summed E-state index contributed by atoms with van der Waals surface area (Å²) in [4.78, 5) is 26.9. The number of nitrogens with zero attached hydrogens (tertiary/aromatic N) is 2. The van der Waals surface area contributed by atoms with Crippen molar-refractivity contribution in [2.45, 2.75) is 6.92 Å². The third-order valence-corrected chi connectivity index (χ3v) is 4.56. The lowest BCUT2D eigenvalue weighted by atomic mass is 10.1.